The lowest BCUT2D eigenvalue weighted by Crippen LogP contribution is -2.20. The molecule has 0 radical (unpaired) electrons. The van der Waals surface area contributed by atoms with Crippen molar-refractivity contribution in [2.75, 3.05) is 7.11 Å². The predicted molar refractivity (Wildman–Crippen MR) is 83.0 cm³/mol. The molecule has 0 aliphatic carbocycles. The number of rotatable bonds is 6. The quantitative estimate of drug-likeness (QED) is 0.753. The van der Waals surface area contributed by atoms with Crippen molar-refractivity contribution < 1.29 is 14.3 Å². The fraction of sp³-hybridized carbons (Fsp3) is 0.235. The van der Waals surface area contributed by atoms with Crippen molar-refractivity contribution in [1.82, 2.24) is 0 Å². The number of methoxy groups -OCH3 is 1. The Morgan fingerprint density at radius 2 is 1.71 bits per heavy atom. The molecule has 2 aromatic carbocycles. The topological polar surface area (TPSA) is 35.5 Å². The molecule has 0 saturated carbocycles. The van der Waals surface area contributed by atoms with Crippen LogP contribution in [-0.2, 0) is 11.3 Å². The first kappa shape index (κ1) is 15.5. The van der Waals surface area contributed by atoms with Gasteiger partial charge in [-0.15, -0.1) is 0 Å². The summed E-state index contributed by atoms with van der Waals surface area (Å²) < 4.78 is 10.7. The number of ether oxygens (including phenoxy) is 2. The molecule has 0 N–H and O–H groups in total. The normalized spacial score (nSPS) is 12.0. The number of carbonyl (C=O) groups excluding carboxylic acids is 1. The molecule has 21 heavy (non-hydrogen) atoms. The number of ketones is 1. The van der Waals surface area contributed by atoms with Gasteiger partial charge >= 0.3 is 0 Å². The van der Waals surface area contributed by atoms with Crippen LogP contribution < -0.4 is 4.74 Å². The van der Waals surface area contributed by atoms with E-state index >= 15 is 0 Å². The summed E-state index contributed by atoms with van der Waals surface area (Å²) in [6.45, 7) is 2.13. The summed E-state index contributed by atoms with van der Waals surface area (Å²) >= 11 is 5.81. The molecule has 2 aromatic rings. The SMILES string of the molecule is COc1ccc(COC(C)C(=O)c2ccc(Cl)cc2)cc1. The van der Waals surface area contributed by atoms with Gasteiger partial charge < -0.3 is 9.47 Å². The summed E-state index contributed by atoms with van der Waals surface area (Å²) in [6.07, 6.45) is -0.506. The summed E-state index contributed by atoms with van der Waals surface area (Å²) in [5.74, 6) is 0.740. The Labute approximate surface area is 129 Å². The number of hydrogen-bond donors (Lipinski definition) is 0. The number of halogens is 1. The van der Waals surface area contributed by atoms with E-state index < -0.39 is 6.10 Å². The lowest BCUT2D eigenvalue weighted by atomic mass is 10.1. The highest BCUT2D eigenvalue weighted by Crippen LogP contribution is 2.15. The molecule has 0 amide bonds. The second kappa shape index (κ2) is 7.25. The van der Waals surface area contributed by atoms with Gasteiger partial charge in [-0.1, -0.05) is 23.7 Å². The van der Waals surface area contributed by atoms with E-state index in [4.69, 9.17) is 21.1 Å². The summed E-state index contributed by atoms with van der Waals surface area (Å²) in [7, 11) is 1.62. The molecular weight excluding hydrogens is 288 g/mol. The fourth-order valence-corrected chi connectivity index (χ4v) is 1.99. The molecule has 1 unspecified atom stereocenters. The molecule has 0 saturated heterocycles. The van der Waals surface area contributed by atoms with Crippen molar-refractivity contribution in [1.29, 1.82) is 0 Å². The molecule has 0 aliphatic rings. The van der Waals surface area contributed by atoms with Gasteiger partial charge in [-0.25, -0.2) is 0 Å². The Morgan fingerprint density at radius 3 is 2.29 bits per heavy atom. The van der Waals surface area contributed by atoms with Crippen LogP contribution in [0.2, 0.25) is 5.02 Å². The number of carbonyl (C=O) groups is 1. The van der Waals surface area contributed by atoms with Crippen molar-refractivity contribution in [2.24, 2.45) is 0 Å². The van der Waals surface area contributed by atoms with Crippen molar-refractivity contribution >= 4 is 17.4 Å². The van der Waals surface area contributed by atoms with Crippen LogP contribution in [0.25, 0.3) is 0 Å². The highest BCUT2D eigenvalue weighted by atomic mass is 35.5. The third-order valence-electron chi connectivity index (χ3n) is 3.16. The predicted octanol–water partition coefficient (Wildman–Crippen LogP) is 4.14. The van der Waals surface area contributed by atoms with Crippen LogP contribution in [0.15, 0.2) is 48.5 Å². The van der Waals surface area contributed by atoms with Gasteiger partial charge in [-0.2, -0.15) is 0 Å². The van der Waals surface area contributed by atoms with Crippen LogP contribution in [0.4, 0.5) is 0 Å². The molecule has 110 valence electrons. The van der Waals surface area contributed by atoms with Crippen LogP contribution in [-0.4, -0.2) is 19.0 Å². The third-order valence-corrected chi connectivity index (χ3v) is 3.41. The minimum absolute atomic E-state index is 0.0554. The average molecular weight is 305 g/mol. The monoisotopic (exact) mass is 304 g/mol. The van der Waals surface area contributed by atoms with E-state index in [0.717, 1.165) is 11.3 Å². The molecule has 4 heteroatoms. The maximum absolute atomic E-state index is 12.2. The maximum Gasteiger partial charge on any atom is 0.191 e. The van der Waals surface area contributed by atoms with E-state index in [2.05, 4.69) is 0 Å². The molecule has 1 atom stereocenters. The average Bonchev–Trinajstić information content (AvgIpc) is 2.53. The fourth-order valence-electron chi connectivity index (χ4n) is 1.87. The Hall–Kier alpha value is -1.84. The van der Waals surface area contributed by atoms with Gasteiger partial charge in [-0.3, -0.25) is 4.79 Å². The summed E-state index contributed by atoms with van der Waals surface area (Å²) in [5.41, 5.74) is 1.59. The van der Waals surface area contributed by atoms with Crippen molar-refractivity contribution in [3.05, 3.63) is 64.7 Å². The highest BCUT2D eigenvalue weighted by Gasteiger charge is 2.15. The van der Waals surface area contributed by atoms with Gasteiger partial charge in [0, 0.05) is 10.6 Å². The second-order valence-corrected chi connectivity index (χ2v) is 5.11. The molecule has 3 nitrogen and oxygen atoms in total. The summed E-state index contributed by atoms with van der Waals surface area (Å²) in [4.78, 5) is 12.2. The van der Waals surface area contributed by atoms with E-state index in [0.29, 0.717) is 17.2 Å². The zero-order chi connectivity index (χ0) is 15.2. The van der Waals surface area contributed by atoms with E-state index in [-0.39, 0.29) is 5.78 Å². The highest BCUT2D eigenvalue weighted by molar-refractivity contribution is 6.30. The molecule has 0 bridgehead atoms. The first-order valence-electron chi connectivity index (χ1n) is 6.64. The van der Waals surface area contributed by atoms with Gasteiger partial charge in [0.05, 0.1) is 13.7 Å². The molecule has 0 spiro atoms. The minimum Gasteiger partial charge on any atom is -0.497 e. The number of Topliss-reactive ketones (excluding diaryl/α,β-unsaturated/α-hetero) is 1. The van der Waals surface area contributed by atoms with E-state index in [1.54, 1.807) is 38.3 Å². The van der Waals surface area contributed by atoms with Crippen LogP contribution in [0, 0.1) is 0 Å². The Balaban J connectivity index is 1.92. The van der Waals surface area contributed by atoms with Gasteiger partial charge in [0.2, 0.25) is 0 Å². The molecule has 0 fully saturated rings. The number of benzene rings is 2. The summed E-state index contributed by atoms with van der Waals surface area (Å²) in [5, 5.41) is 0.610. The third kappa shape index (κ3) is 4.31. The second-order valence-electron chi connectivity index (χ2n) is 4.67. The Bertz CT molecular complexity index is 590. The smallest absolute Gasteiger partial charge is 0.191 e. The van der Waals surface area contributed by atoms with E-state index in [1.807, 2.05) is 24.3 Å². The zero-order valence-corrected chi connectivity index (χ0v) is 12.8. The lowest BCUT2D eigenvalue weighted by molar-refractivity contribution is 0.0412. The Morgan fingerprint density at radius 1 is 1.10 bits per heavy atom. The molecule has 0 heterocycles. The Kier molecular flexibility index (Phi) is 5.37. The van der Waals surface area contributed by atoms with Gasteiger partial charge in [0.1, 0.15) is 11.9 Å². The van der Waals surface area contributed by atoms with Gasteiger partial charge in [-0.05, 0) is 48.9 Å². The zero-order valence-electron chi connectivity index (χ0n) is 12.0. The van der Waals surface area contributed by atoms with Crippen LogP contribution in [0.1, 0.15) is 22.8 Å². The largest absolute Gasteiger partial charge is 0.497 e. The van der Waals surface area contributed by atoms with Crippen LogP contribution in [0.5, 0.6) is 5.75 Å². The van der Waals surface area contributed by atoms with Gasteiger partial charge in [0.15, 0.2) is 5.78 Å². The van der Waals surface area contributed by atoms with Crippen molar-refractivity contribution in [2.45, 2.75) is 19.6 Å². The van der Waals surface area contributed by atoms with E-state index in [9.17, 15) is 4.79 Å². The first-order valence-corrected chi connectivity index (χ1v) is 7.02. The van der Waals surface area contributed by atoms with Gasteiger partial charge in [0.25, 0.3) is 0 Å². The lowest BCUT2D eigenvalue weighted by Gasteiger charge is -2.12. The standard InChI is InChI=1S/C17H17ClO3/c1-12(17(19)14-5-7-15(18)8-6-14)21-11-13-3-9-16(20-2)10-4-13/h3-10,12H,11H2,1-2H3. The molecule has 0 aromatic heterocycles. The van der Waals surface area contributed by atoms with Crippen LogP contribution in [0.3, 0.4) is 0 Å². The van der Waals surface area contributed by atoms with E-state index in [1.165, 1.54) is 0 Å². The first-order chi connectivity index (χ1) is 10.1. The maximum atomic E-state index is 12.2. The molecular formula is C17H17ClO3. The molecule has 0 aliphatic heterocycles. The van der Waals surface area contributed by atoms with Crippen molar-refractivity contribution in [3.8, 4) is 5.75 Å². The molecule has 2 rings (SSSR count). The van der Waals surface area contributed by atoms with Crippen molar-refractivity contribution in [3.63, 3.8) is 0 Å². The minimum atomic E-state index is -0.506. The number of hydrogen-bond acceptors (Lipinski definition) is 3. The summed E-state index contributed by atoms with van der Waals surface area (Å²) in [6, 6.07) is 14.4. The van der Waals surface area contributed by atoms with Crippen LogP contribution >= 0.6 is 11.6 Å².